The van der Waals surface area contributed by atoms with E-state index in [0.717, 1.165) is 5.37 Å². The van der Waals surface area contributed by atoms with Gasteiger partial charge in [0.2, 0.25) is 0 Å². The number of rotatable bonds is 1. The quantitative estimate of drug-likeness (QED) is 0.675. The summed E-state index contributed by atoms with van der Waals surface area (Å²) < 4.78 is 19.4. The number of nitrogens with two attached hydrogens (primary N) is 1. The van der Waals surface area contributed by atoms with E-state index in [1.165, 1.54) is 0 Å². The van der Waals surface area contributed by atoms with Gasteiger partial charge >= 0.3 is 0 Å². The molecule has 0 saturated carbocycles. The minimum absolute atomic E-state index is 0.577. The van der Waals surface area contributed by atoms with Gasteiger partial charge in [0.15, 0.2) is 0 Å². The monoisotopic (exact) mass is 205 g/mol. The van der Waals surface area contributed by atoms with Crippen molar-refractivity contribution in [1.29, 1.82) is 0 Å². The molecule has 0 radical (unpaired) electrons. The molecule has 3 nitrogen and oxygen atoms in total. The van der Waals surface area contributed by atoms with Gasteiger partial charge in [-0.05, 0) is 17.7 Å². The largest absolute Gasteiger partial charge is 0.302 e. The second-order valence-corrected chi connectivity index (χ2v) is 4.18. The van der Waals surface area contributed by atoms with Crippen molar-refractivity contribution >= 4 is 27.0 Å². The average molecular weight is 206 g/mol. The minimum atomic E-state index is -3.31. The number of hydrogen-bond acceptors (Lipinski definition) is 1. The molecule has 3 N–H and O–H groups in total. The summed E-state index contributed by atoms with van der Waals surface area (Å²) in [6, 6.07) is 6.48. The van der Waals surface area contributed by atoms with Crippen LogP contribution in [0.3, 0.4) is 0 Å². The van der Waals surface area contributed by atoms with Crippen LogP contribution in [0, 0.1) is 0 Å². The lowest BCUT2D eigenvalue weighted by Gasteiger charge is -1.95. The molecule has 0 aliphatic rings. The summed E-state index contributed by atoms with van der Waals surface area (Å²) in [6.45, 7) is 0. The Hall–Kier alpha value is -0.550. The number of hydrogen-bond donors (Lipinski definition) is 2. The fourth-order valence-electron chi connectivity index (χ4n) is 0.736. The van der Waals surface area contributed by atoms with E-state index in [9.17, 15) is 4.21 Å². The van der Waals surface area contributed by atoms with Crippen molar-refractivity contribution in [3.8, 4) is 0 Å². The fraction of sp³-hybridized carbons (Fsp3) is 0. The molecule has 0 aliphatic heterocycles. The molecule has 0 aromatic heterocycles. The lowest BCUT2D eigenvalue weighted by atomic mass is 10.2. The predicted molar refractivity (Wildman–Crippen MR) is 51.6 cm³/mol. The Labute approximate surface area is 76.1 Å². The summed E-state index contributed by atoms with van der Waals surface area (Å²) in [6.07, 6.45) is 0. The normalized spacial score (nSPS) is 15.2. The Bertz CT molecular complexity index is 371. The van der Waals surface area contributed by atoms with Gasteiger partial charge in [-0.3, -0.25) is 0 Å². The molecule has 0 saturated heterocycles. The number of benzene rings is 1. The van der Waals surface area contributed by atoms with Gasteiger partial charge in [-0.15, -0.1) is 0 Å². The van der Waals surface area contributed by atoms with Crippen LogP contribution in [0.4, 0.5) is 0 Å². The molecule has 0 aliphatic carbocycles. The van der Waals surface area contributed by atoms with Gasteiger partial charge in [-0.25, -0.2) is 9.35 Å². The second kappa shape index (κ2) is 3.45. The van der Waals surface area contributed by atoms with Crippen LogP contribution >= 0.6 is 11.6 Å². The highest BCUT2D eigenvalue weighted by Gasteiger charge is 1.93. The van der Waals surface area contributed by atoms with Gasteiger partial charge < -0.3 is 4.55 Å². The lowest BCUT2D eigenvalue weighted by Crippen LogP contribution is -2.13. The van der Waals surface area contributed by atoms with Crippen molar-refractivity contribution in [1.82, 2.24) is 0 Å². The molecule has 0 spiro atoms. The van der Waals surface area contributed by atoms with Gasteiger partial charge in [-0.2, -0.15) is 0 Å². The highest BCUT2D eigenvalue weighted by Crippen LogP contribution is 2.07. The van der Waals surface area contributed by atoms with Crippen LogP contribution in [0.25, 0.3) is 0 Å². The Morgan fingerprint density at radius 1 is 1.42 bits per heavy atom. The summed E-state index contributed by atoms with van der Waals surface area (Å²) >= 11 is 5.60. The Balaban J connectivity index is 3.08. The van der Waals surface area contributed by atoms with Crippen molar-refractivity contribution in [2.24, 2.45) is 5.14 Å². The first-order valence-electron chi connectivity index (χ1n) is 3.12. The summed E-state index contributed by atoms with van der Waals surface area (Å²) in [7, 11) is -3.31. The maximum atomic E-state index is 10.7. The highest BCUT2D eigenvalue weighted by atomic mass is 35.5. The van der Waals surface area contributed by atoms with Crippen molar-refractivity contribution < 1.29 is 8.76 Å². The molecule has 0 heterocycles. The maximum absolute atomic E-state index is 10.7. The van der Waals surface area contributed by atoms with Gasteiger partial charge in [0, 0.05) is 10.4 Å². The molecule has 1 atom stereocenters. The maximum Gasteiger partial charge on any atom is 0.143 e. The molecule has 1 rings (SSSR count). The Morgan fingerprint density at radius 2 is 1.92 bits per heavy atom. The van der Waals surface area contributed by atoms with Crippen LogP contribution in [0.2, 0.25) is 5.02 Å². The van der Waals surface area contributed by atoms with Crippen molar-refractivity contribution in [2.45, 2.75) is 0 Å². The third-order valence-electron chi connectivity index (χ3n) is 1.17. The molecule has 66 valence electrons. The van der Waals surface area contributed by atoms with E-state index in [2.05, 4.69) is 0 Å². The summed E-state index contributed by atoms with van der Waals surface area (Å²) in [5.74, 6) is 0. The SMILES string of the molecule is NS(=O)(O)=Cc1ccc(Cl)cc1. The van der Waals surface area contributed by atoms with Crippen LogP contribution in [0.5, 0.6) is 0 Å². The van der Waals surface area contributed by atoms with E-state index in [-0.39, 0.29) is 0 Å². The van der Waals surface area contributed by atoms with E-state index >= 15 is 0 Å². The zero-order valence-corrected chi connectivity index (χ0v) is 7.68. The third-order valence-corrected chi connectivity index (χ3v) is 2.04. The molecule has 0 fully saturated rings. The van der Waals surface area contributed by atoms with Gasteiger partial charge in [0.1, 0.15) is 9.99 Å². The molecular formula is C7H8ClNO2S. The molecule has 1 aromatic carbocycles. The molecule has 1 unspecified atom stereocenters. The first kappa shape index (κ1) is 9.54. The fourth-order valence-corrected chi connectivity index (χ4v) is 1.41. The molecular weight excluding hydrogens is 198 g/mol. The Kier molecular flexibility index (Phi) is 2.74. The van der Waals surface area contributed by atoms with Gasteiger partial charge in [0.05, 0.1) is 0 Å². The topological polar surface area (TPSA) is 63.3 Å². The van der Waals surface area contributed by atoms with Crippen LogP contribution in [0.1, 0.15) is 5.56 Å². The smallest absolute Gasteiger partial charge is 0.143 e. The minimum Gasteiger partial charge on any atom is -0.302 e. The van der Waals surface area contributed by atoms with E-state index in [1.54, 1.807) is 24.3 Å². The Morgan fingerprint density at radius 3 is 2.33 bits per heavy atom. The molecule has 0 bridgehead atoms. The summed E-state index contributed by atoms with van der Waals surface area (Å²) in [4.78, 5) is 0. The first-order chi connectivity index (χ1) is 5.47. The van der Waals surface area contributed by atoms with E-state index in [4.69, 9.17) is 21.3 Å². The zero-order valence-electron chi connectivity index (χ0n) is 6.11. The molecule has 5 heteroatoms. The highest BCUT2D eigenvalue weighted by molar-refractivity contribution is 7.94. The van der Waals surface area contributed by atoms with Gasteiger partial charge in [-0.1, -0.05) is 23.7 Å². The molecule has 12 heavy (non-hydrogen) atoms. The van der Waals surface area contributed by atoms with Crippen molar-refractivity contribution in [3.63, 3.8) is 0 Å². The number of halogens is 1. The summed E-state index contributed by atoms with van der Waals surface area (Å²) in [5, 5.41) is 6.56. The standard InChI is InChI=1S/C7H8ClNO2S/c8-7-3-1-6(2-4-7)5-12(9,10)11/h1-5H,(H3,9,10,11). The predicted octanol–water partition coefficient (Wildman–Crippen LogP) is 1.12. The zero-order chi connectivity index (χ0) is 9.19. The van der Waals surface area contributed by atoms with E-state index in [0.29, 0.717) is 10.6 Å². The summed E-state index contributed by atoms with van der Waals surface area (Å²) in [5.41, 5.74) is 0.578. The second-order valence-electron chi connectivity index (χ2n) is 2.28. The molecule has 1 aromatic rings. The van der Waals surface area contributed by atoms with Gasteiger partial charge in [0.25, 0.3) is 0 Å². The van der Waals surface area contributed by atoms with Crippen LogP contribution in [-0.2, 0) is 9.99 Å². The average Bonchev–Trinajstić information content (AvgIpc) is 1.91. The van der Waals surface area contributed by atoms with Crippen molar-refractivity contribution in [2.75, 3.05) is 0 Å². The first-order valence-corrected chi connectivity index (χ1v) is 5.14. The van der Waals surface area contributed by atoms with E-state index in [1.807, 2.05) is 0 Å². The lowest BCUT2D eigenvalue weighted by molar-refractivity contribution is 0.561. The third kappa shape index (κ3) is 3.23. The van der Waals surface area contributed by atoms with Crippen LogP contribution in [0.15, 0.2) is 24.3 Å². The van der Waals surface area contributed by atoms with Crippen LogP contribution in [-0.4, -0.2) is 14.1 Å². The van der Waals surface area contributed by atoms with Crippen LogP contribution < -0.4 is 5.14 Å². The molecule has 0 amide bonds. The van der Waals surface area contributed by atoms with Crippen molar-refractivity contribution in [3.05, 3.63) is 34.9 Å². The van der Waals surface area contributed by atoms with E-state index < -0.39 is 9.99 Å².